The molecule has 2 aromatic heterocycles. The summed E-state index contributed by atoms with van der Waals surface area (Å²) in [7, 11) is 2.16. The Morgan fingerprint density at radius 2 is 2.19 bits per heavy atom. The second-order valence-corrected chi connectivity index (χ2v) is 6.45. The molecule has 4 nitrogen and oxygen atoms in total. The maximum Gasteiger partial charge on any atom is 0.142 e. The summed E-state index contributed by atoms with van der Waals surface area (Å²) in [6.07, 6.45) is 7.27. The predicted octanol–water partition coefficient (Wildman–Crippen LogP) is 3.78. The summed E-state index contributed by atoms with van der Waals surface area (Å²) in [5.74, 6) is 2.34. The molecule has 1 fully saturated rings. The number of fused-ring (bicyclic) bond motifs is 1. The quantitative estimate of drug-likeness (QED) is 0.872. The van der Waals surface area contributed by atoms with Gasteiger partial charge >= 0.3 is 0 Å². The molecule has 1 saturated carbocycles. The molecular weight excluding hydrogens is 260 g/mol. The highest BCUT2D eigenvalue weighted by Gasteiger charge is 2.31. The van der Waals surface area contributed by atoms with E-state index in [9.17, 15) is 0 Å². The van der Waals surface area contributed by atoms with Crippen molar-refractivity contribution in [3.05, 3.63) is 30.7 Å². The summed E-state index contributed by atoms with van der Waals surface area (Å²) in [4.78, 5) is 14.3. The van der Waals surface area contributed by atoms with Gasteiger partial charge in [-0.1, -0.05) is 19.1 Å². The van der Waals surface area contributed by atoms with Crippen molar-refractivity contribution in [3.8, 4) is 0 Å². The van der Waals surface area contributed by atoms with Crippen molar-refractivity contribution in [2.24, 2.45) is 11.8 Å². The molecule has 3 rings (SSSR count). The number of nitrogens with one attached hydrogen (secondary N) is 1. The van der Waals surface area contributed by atoms with E-state index in [1.807, 2.05) is 6.20 Å². The van der Waals surface area contributed by atoms with Crippen LogP contribution in [0.15, 0.2) is 30.7 Å². The van der Waals surface area contributed by atoms with E-state index in [1.165, 1.54) is 24.8 Å². The van der Waals surface area contributed by atoms with Gasteiger partial charge in [-0.15, -0.1) is 0 Å². The van der Waals surface area contributed by atoms with Crippen molar-refractivity contribution in [3.63, 3.8) is 0 Å². The lowest BCUT2D eigenvalue weighted by Crippen LogP contribution is -2.42. The molecule has 3 atom stereocenters. The van der Waals surface area contributed by atoms with E-state index in [4.69, 9.17) is 0 Å². The highest BCUT2D eigenvalue weighted by molar-refractivity contribution is 5.87. The van der Waals surface area contributed by atoms with Crippen LogP contribution in [0, 0.1) is 11.8 Å². The highest BCUT2D eigenvalue weighted by Crippen LogP contribution is 2.37. The zero-order valence-electron chi connectivity index (χ0n) is 13.1. The largest absolute Gasteiger partial charge is 0.356 e. The summed E-state index contributed by atoms with van der Waals surface area (Å²) in [6.45, 7) is 8.67. The first-order valence-electron chi connectivity index (χ1n) is 7.74. The molecule has 0 spiro atoms. The van der Waals surface area contributed by atoms with Crippen LogP contribution in [-0.4, -0.2) is 28.0 Å². The summed E-state index contributed by atoms with van der Waals surface area (Å²) in [5.41, 5.74) is 2.22. The molecule has 1 aliphatic rings. The van der Waals surface area contributed by atoms with Gasteiger partial charge in [-0.05, 0) is 44.1 Å². The van der Waals surface area contributed by atoms with Gasteiger partial charge in [0.2, 0.25) is 0 Å². The number of H-pyrrole nitrogens is 1. The topological polar surface area (TPSA) is 44.8 Å². The van der Waals surface area contributed by atoms with Gasteiger partial charge in [-0.3, -0.25) is 0 Å². The third-order valence-electron chi connectivity index (χ3n) is 5.01. The highest BCUT2D eigenvalue weighted by atomic mass is 15.2. The third-order valence-corrected chi connectivity index (χ3v) is 5.01. The molecule has 0 bridgehead atoms. The first kappa shape index (κ1) is 14.1. The number of anilines is 1. The first-order chi connectivity index (χ1) is 10.1. The average molecular weight is 284 g/mol. The van der Waals surface area contributed by atoms with Crippen molar-refractivity contribution in [2.45, 2.75) is 39.2 Å². The summed E-state index contributed by atoms with van der Waals surface area (Å²) in [5, 5.41) is 1.10. The minimum Gasteiger partial charge on any atom is -0.356 e. The Bertz CT molecular complexity index is 645. The molecule has 0 aliphatic heterocycles. The number of nitrogens with zero attached hydrogens (tertiary/aromatic N) is 3. The maximum absolute atomic E-state index is 4.53. The molecule has 2 heterocycles. The molecule has 0 saturated heterocycles. The van der Waals surface area contributed by atoms with E-state index in [-0.39, 0.29) is 0 Å². The molecule has 2 aromatic rings. The molecule has 2 unspecified atom stereocenters. The molecule has 0 radical (unpaired) electrons. The number of rotatable bonds is 3. The fourth-order valence-electron chi connectivity index (χ4n) is 3.58. The van der Waals surface area contributed by atoms with E-state index < -0.39 is 0 Å². The van der Waals surface area contributed by atoms with Crippen LogP contribution in [0.3, 0.4) is 0 Å². The smallest absolute Gasteiger partial charge is 0.142 e. The fraction of sp³-hybridized carbons (Fsp3) is 0.529. The number of aromatic amines is 1. The molecule has 1 N–H and O–H groups in total. The van der Waals surface area contributed by atoms with Gasteiger partial charge in [0.1, 0.15) is 17.8 Å². The van der Waals surface area contributed by atoms with Crippen LogP contribution in [0.25, 0.3) is 11.0 Å². The first-order valence-corrected chi connectivity index (χ1v) is 7.74. The average Bonchev–Trinajstić information content (AvgIpc) is 2.95. The van der Waals surface area contributed by atoms with E-state index in [1.54, 1.807) is 6.33 Å². The predicted molar refractivity (Wildman–Crippen MR) is 87.4 cm³/mol. The second-order valence-electron chi connectivity index (χ2n) is 6.45. The summed E-state index contributed by atoms with van der Waals surface area (Å²) < 4.78 is 0. The molecule has 1 aliphatic carbocycles. The lowest BCUT2D eigenvalue weighted by Gasteiger charge is -2.40. The second kappa shape index (κ2) is 5.51. The Kier molecular flexibility index (Phi) is 3.70. The number of aromatic nitrogens is 3. The molecule has 112 valence electrons. The molecule has 0 aromatic carbocycles. The maximum atomic E-state index is 4.53. The zero-order chi connectivity index (χ0) is 15.0. The lowest BCUT2D eigenvalue weighted by atomic mass is 9.76. The molecule has 4 heteroatoms. The van der Waals surface area contributed by atoms with Gasteiger partial charge in [-0.25, -0.2) is 9.97 Å². The van der Waals surface area contributed by atoms with Crippen LogP contribution in [0.5, 0.6) is 0 Å². The fourth-order valence-corrected chi connectivity index (χ4v) is 3.58. The van der Waals surface area contributed by atoms with Gasteiger partial charge in [0, 0.05) is 19.3 Å². The van der Waals surface area contributed by atoms with Gasteiger partial charge < -0.3 is 9.88 Å². The number of allylic oxidation sites excluding steroid dienone is 1. The van der Waals surface area contributed by atoms with E-state index >= 15 is 0 Å². The van der Waals surface area contributed by atoms with Gasteiger partial charge in [-0.2, -0.15) is 0 Å². The number of hydrogen-bond acceptors (Lipinski definition) is 3. The van der Waals surface area contributed by atoms with E-state index in [0.717, 1.165) is 16.9 Å². The molecule has 0 amide bonds. The van der Waals surface area contributed by atoms with Crippen molar-refractivity contribution < 1.29 is 0 Å². The van der Waals surface area contributed by atoms with Gasteiger partial charge in [0.05, 0.1) is 5.39 Å². The van der Waals surface area contributed by atoms with Crippen LogP contribution in [-0.2, 0) is 0 Å². The normalized spacial score (nSPS) is 26.0. The monoisotopic (exact) mass is 284 g/mol. The Morgan fingerprint density at radius 1 is 1.38 bits per heavy atom. The lowest BCUT2D eigenvalue weighted by molar-refractivity contribution is 0.270. The van der Waals surface area contributed by atoms with Crippen molar-refractivity contribution in [1.82, 2.24) is 15.0 Å². The zero-order valence-corrected chi connectivity index (χ0v) is 13.1. The Balaban J connectivity index is 1.91. The minimum atomic E-state index is 0.508. The molecular formula is C17H24N4. The molecule has 21 heavy (non-hydrogen) atoms. The van der Waals surface area contributed by atoms with Crippen LogP contribution in [0.2, 0.25) is 0 Å². The van der Waals surface area contributed by atoms with Gasteiger partial charge in [0.25, 0.3) is 0 Å². The van der Waals surface area contributed by atoms with E-state index in [0.29, 0.717) is 17.9 Å². The minimum absolute atomic E-state index is 0.508. The van der Waals surface area contributed by atoms with Gasteiger partial charge in [0.15, 0.2) is 0 Å². The van der Waals surface area contributed by atoms with Crippen LogP contribution >= 0.6 is 0 Å². The van der Waals surface area contributed by atoms with Crippen LogP contribution in [0.1, 0.15) is 33.1 Å². The summed E-state index contributed by atoms with van der Waals surface area (Å²) >= 11 is 0. The SMILES string of the molecule is C=C(C)[C@H]1CCC(C)C(N(C)c2ncnc3[nH]ccc23)C1. The van der Waals surface area contributed by atoms with E-state index in [2.05, 4.69) is 53.4 Å². The van der Waals surface area contributed by atoms with Crippen LogP contribution < -0.4 is 4.90 Å². The van der Waals surface area contributed by atoms with Crippen molar-refractivity contribution in [1.29, 1.82) is 0 Å². The Labute approximate surface area is 126 Å². The van der Waals surface area contributed by atoms with Crippen molar-refractivity contribution in [2.75, 3.05) is 11.9 Å². The summed E-state index contributed by atoms with van der Waals surface area (Å²) in [6, 6.07) is 2.57. The Hall–Kier alpha value is -1.84. The number of hydrogen-bond donors (Lipinski definition) is 1. The Morgan fingerprint density at radius 3 is 2.95 bits per heavy atom. The third kappa shape index (κ3) is 2.55. The van der Waals surface area contributed by atoms with Crippen molar-refractivity contribution >= 4 is 16.9 Å². The standard InChI is InChI=1S/C17H24N4/c1-11(2)13-6-5-12(3)15(9-13)21(4)17-14-7-8-18-16(14)19-10-20-17/h7-8,10,12-13,15H,1,5-6,9H2,2-4H3,(H,18,19,20)/t12?,13-,15?/m0/s1. The van der Waals surface area contributed by atoms with Crippen LogP contribution in [0.4, 0.5) is 5.82 Å².